The van der Waals surface area contributed by atoms with E-state index in [0.717, 1.165) is 0 Å². The molecule has 6 nitrogen and oxygen atoms in total. The third kappa shape index (κ3) is 5.49. The van der Waals surface area contributed by atoms with E-state index in [0.29, 0.717) is 28.0 Å². The highest BCUT2D eigenvalue weighted by atomic mass is 35.5. The predicted molar refractivity (Wildman–Crippen MR) is 110 cm³/mol. The molecule has 0 aliphatic carbocycles. The number of amides is 1. The molecular formula is C22H18ClNO5. The topological polar surface area (TPSA) is 73.9 Å². The lowest BCUT2D eigenvalue weighted by molar-refractivity contribution is -0.119. The van der Waals surface area contributed by atoms with Crippen LogP contribution in [0.3, 0.4) is 0 Å². The summed E-state index contributed by atoms with van der Waals surface area (Å²) >= 11 is 5.94. The minimum absolute atomic E-state index is 0.212. The van der Waals surface area contributed by atoms with Crippen LogP contribution in [0.1, 0.15) is 10.4 Å². The summed E-state index contributed by atoms with van der Waals surface area (Å²) in [5.74, 6) is 0.153. The van der Waals surface area contributed by atoms with Gasteiger partial charge < -0.3 is 19.5 Å². The molecule has 0 heterocycles. The van der Waals surface area contributed by atoms with Crippen LogP contribution in [0.25, 0.3) is 0 Å². The third-order valence-electron chi connectivity index (χ3n) is 3.85. The maximum atomic E-state index is 12.5. The molecule has 0 saturated heterocycles. The fourth-order valence-electron chi connectivity index (χ4n) is 2.51. The summed E-state index contributed by atoms with van der Waals surface area (Å²) in [6, 6.07) is 20.5. The van der Waals surface area contributed by atoms with Crippen molar-refractivity contribution in [2.75, 3.05) is 19.0 Å². The van der Waals surface area contributed by atoms with Crippen molar-refractivity contribution in [2.45, 2.75) is 0 Å². The molecule has 3 aromatic carbocycles. The van der Waals surface area contributed by atoms with Gasteiger partial charge in [0.25, 0.3) is 5.91 Å². The smallest absolute Gasteiger partial charge is 0.342 e. The number of benzene rings is 3. The van der Waals surface area contributed by atoms with Gasteiger partial charge in [0.2, 0.25) is 0 Å². The minimum atomic E-state index is -0.676. The Morgan fingerprint density at radius 1 is 0.931 bits per heavy atom. The molecular weight excluding hydrogens is 394 g/mol. The number of methoxy groups -OCH3 is 1. The van der Waals surface area contributed by atoms with Gasteiger partial charge in [-0.05, 0) is 42.5 Å². The second-order valence-corrected chi connectivity index (χ2v) is 6.32. The molecule has 3 rings (SSSR count). The lowest BCUT2D eigenvalue weighted by Crippen LogP contribution is -2.21. The van der Waals surface area contributed by atoms with E-state index in [2.05, 4.69) is 5.32 Å². The third-order valence-corrected chi connectivity index (χ3v) is 4.08. The molecule has 0 radical (unpaired) electrons. The monoisotopic (exact) mass is 411 g/mol. The molecule has 0 aromatic heterocycles. The van der Waals surface area contributed by atoms with Crippen molar-refractivity contribution in [3.05, 3.63) is 83.4 Å². The summed E-state index contributed by atoms with van der Waals surface area (Å²) in [5, 5.41) is 3.04. The maximum Gasteiger partial charge on any atom is 0.342 e. The molecule has 0 bridgehead atoms. The molecule has 0 saturated carbocycles. The zero-order valence-corrected chi connectivity index (χ0v) is 16.3. The van der Waals surface area contributed by atoms with Crippen molar-refractivity contribution >= 4 is 29.2 Å². The second kappa shape index (κ2) is 9.61. The Labute approximate surface area is 173 Å². The van der Waals surface area contributed by atoms with Gasteiger partial charge in [0.15, 0.2) is 6.61 Å². The number of halogens is 1. The first-order chi connectivity index (χ1) is 14.1. The molecule has 0 fully saturated rings. The van der Waals surface area contributed by atoms with Crippen LogP contribution in [-0.4, -0.2) is 25.6 Å². The molecule has 29 heavy (non-hydrogen) atoms. The molecule has 0 aliphatic rings. The van der Waals surface area contributed by atoms with E-state index in [1.165, 1.54) is 7.11 Å². The Balaban J connectivity index is 1.64. The van der Waals surface area contributed by atoms with E-state index >= 15 is 0 Å². The van der Waals surface area contributed by atoms with Crippen LogP contribution >= 0.6 is 11.6 Å². The van der Waals surface area contributed by atoms with E-state index in [1.807, 2.05) is 18.2 Å². The molecule has 0 aliphatic heterocycles. The van der Waals surface area contributed by atoms with Crippen molar-refractivity contribution in [2.24, 2.45) is 0 Å². The number of hydrogen-bond donors (Lipinski definition) is 1. The van der Waals surface area contributed by atoms with Crippen LogP contribution in [-0.2, 0) is 9.53 Å². The predicted octanol–water partition coefficient (Wildman–Crippen LogP) is 4.94. The van der Waals surface area contributed by atoms with Gasteiger partial charge in [-0.25, -0.2) is 4.79 Å². The Bertz CT molecular complexity index is 1010. The lowest BCUT2D eigenvalue weighted by Gasteiger charge is -2.12. The molecule has 1 amide bonds. The number of ether oxygens (including phenoxy) is 3. The molecule has 148 valence electrons. The fourth-order valence-corrected chi connectivity index (χ4v) is 2.68. The standard InChI is InChI=1S/C22H18ClNO5/c1-27-20-12-11-15(23)13-18(20)24-21(25)14-28-22(26)17-9-5-6-10-19(17)29-16-7-3-2-4-8-16/h2-13H,14H2,1H3,(H,24,25). The quantitative estimate of drug-likeness (QED) is 0.557. The van der Waals surface area contributed by atoms with Gasteiger partial charge in [-0.3, -0.25) is 4.79 Å². The highest BCUT2D eigenvalue weighted by Crippen LogP contribution is 2.28. The minimum Gasteiger partial charge on any atom is -0.495 e. The van der Waals surface area contributed by atoms with Crippen molar-refractivity contribution in [1.29, 1.82) is 0 Å². The summed E-state index contributed by atoms with van der Waals surface area (Å²) in [6.07, 6.45) is 0. The summed E-state index contributed by atoms with van der Waals surface area (Å²) in [5.41, 5.74) is 0.596. The Morgan fingerprint density at radius 3 is 2.41 bits per heavy atom. The van der Waals surface area contributed by atoms with Crippen LogP contribution in [0, 0.1) is 0 Å². The van der Waals surface area contributed by atoms with Gasteiger partial charge in [-0.15, -0.1) is 0 Å². The normalized spacial score (nSPS) is 10.1. The first-order valence-electron chi connectivity index (χ1n) is 8.69. The fraction of sp³-hybridized carbons (Fsp3) is 0.0909. The van der Waals surface area contributed by atoms with Gasteiger partial charge in [0, 0.05) is 5.02 Å². The van der Waals surface area contributed by atoms with Gasteiger partial charge in [-0.1, -0.05) is 41.9 Å². The van der Waals surface area contributed by atoms with E-state index in [1.54, 1.807) is 54.6 Å². The summed E-state index contributed by atoms with van der Waals surface area (Å²) in [7, 11) is 1.47. The highest BCUT2D eigenvalue weighted by Gasteiger charge is 2.16. The van der Waals surface area contributed by atoms with Gasteiger partial charge in [0.05, 0.1) is 12.8 Å². The number of nitrogens with one attached hydrogen (secondary N) is 1. The number of carbonyl (C=O) groups excluding carboxylic acids is 2. The van der Waals surface area contributed by atoms with Crippen LogP contribution in [0.2, 0.25) is 5.02 Å². The Morgan fingerprint density at radius 2 is 1.66 bits per heavy atom. The SMILES string of the molecule is COc1ccc(Cl)cc1NC(=O)COC(=O)c1ccccc1Oc1ccccc1. The molecule has 0 atom stereocenters. The molecule has 0 unspecified atom stereocenters. The van der Waals surface area contributed by atoms with E-state index in [-0.39, 0.29) is 5.56 Å². The summed E-state index contributed by atoms with van der Waals surface area (Å²) in [4.78, 5) is 24.6. The zero-order valence-electron chi connectivity index (χ0n) is 15.6. The van der Waals surface area contributed by atoms with Crippen LogP contribution in [0.15, 0.2) is 72.8 Å². The largest absolute Gasteiger partial charge is 0.495 e. The average Bonchev–Trinajstić information content (AvgIpc) is 2.73. The van der Waals surface area contributed by atoms with Gasteiger partial charge in [0.1, 0.15) is 22.8 Å². The Hall–Kier alpha value is -3.51. The zero-order chi connectivity index (χ0) is 20.6. The van der Waals surface area contributed by atoms with Crippen molar-refractivity contribution < 1.29 is 23.8 Å². The van der Waals surface area contributed by atoms with Gasteiger partial charge >= 0.3 is 5.97 Å². The molecule has 7 heteroatoms. The van der Waals surface area contributed by atoms with Crippen molar-refractivity contribution in [1.82, 2.24) is 0 Å². The molecule has 3 aromatic rings. The highest BCUT2D eigenvalue weighted by molar-refractivity contribution is 6.31. The molecule has 0 spiro atoms. The van der Waals surface area contributed by atoms with Crippen LogP contribution < -0.4 is 14.8 Å². The maximum absolute atomic E-state index is 12.5. The van der Waals surface area contributed by atoms with E-state index in [4.69, 9.17) is 25.8 Å². The van der Waals surface area contributed by atoms with Crippen LogP contribution in [0.5, 0.6) is 17.2 Å². The number of hydrogen-bond acceptors (Lipinski definition) is 5. The summed E-state index contributed by atoms with van der Waals surface area (Å²) in [6.45, 7) is -0.478. The first kappa shape index (κ1) is 20.2. The molecule has 1 N–H and O–H groups in total. The van der Waals surface area contributed by atoms with E-state index in [9.17, 15) is 9.59 Å². The Kier molecular flexibility index (Phi) is 6.71. The number of anilines is 1. The van der Waals surface area contributed by atoms with Crippen molar-refractivity contribution in [3.8, 4) is 17.2 Å². The first-order valence-corrected chi connectivity index (χ1v) is 9.07. The number of carbonyl (C=O) groups is 2. The summed E-state index contributed by atoms with van der Waals surface area (Å²) < 4.78 is 16.1. The number of para-hydroxylation sites is 2. The second-order valence-electron chi connectivity index (χ2n) is 5.88. The van der Waals surface area contributed by atoms with E-state index < -0.39 is 18.5 Å². The van der Waals surface area contributed by atoms with Crippen LogP contribution in [0.4, 0.5) is 5.69 Å². The number of rotatable bonds is 7. The van der Waals surface area contributed by atoms with Crippen molar-refractivity contribution in [3.63, 3.8) is 0 Å². The average molecular weight is 412 g/mol. The lowest BCUT2D eigenvalue weighted by atomic mass is 10.2. The van der Waals surface area contributed by atoms with Gasteiger partial charge in [-0.2, -0.15) is 0 Å². The number of esters is 1.